The molecule has 0 radical (unpaired) electrons. The number of alkyl halides is 1. The average molecular weight is 446 g/mol. The molecule has 1 unspecified atom stereocenters. The highest BCUT2D eigenvalue weighted by atomic mass is 35.5. The molecule has 0 spiro atoms. The van der Waals surface area contributed by atoms with Crippen molar-refractivity contribution in [1.82, 2.24) is 0 Å². The van der Waals surface area contributed by atoms with Gasteiger partial charge in [-0.3, -0.25) is 9.59 Å². The van der Waals surface area contributed by atoms with Gasteiger partial charge in [-0.25, -0.2) is 0 Å². The van der Waals surface area contributed by atoms with Gasteiger partial charge in [-0.1, -0.05) is 75.4 Å². The number of benzene rings is 3. The zero-order valence-corrected chi connectivity index (χ0v) is 18.9. The number of rotatable bonds is 4. The van der Waals surface area contributed by atoms with Gasteiger partial charge in [0, 0.05) is 23.4 Å². The lowest BCUT2D eigenvalue weighted by Crippen LogP contribution is -2.17. The topological polar surface area (TPSA) is 59.3 Å². The van der Waals surface area contributed by atoms with Crippen molar-refractivity contribution in [1.29, 1.82) is 0 Å². The van der Waals surface area contributed by atoms with E-state index in [2.05, 4.69) is 26.1 Å². The Morgan fingerprint density at radius 1 is 0.938 bits per heavy atom. The second-order valence-electron chi connectivity index (χ2n) is 8.78. The first-order chi connectivity index (χ1) is 15.2. The highest BCUT2D eigenvalue weighted by Crippen LogP contribution is 2.28. The number of hydrogen-bond donors (Lipinski definition) is 1. The molecule has 3 aromatic carbocycles. The molecule has 0 aliphatic carbocycles. The van der Waals surface area contributed by atoms with Crippen molar-refractivity contribution in [2.24, 2.45) is 0 Å². The van der Waals surface area contributed by atoms with Gasteiger partial charge >= 0.3 is 0 Å². The molecule has 0 fully saturated rings. The van der Waals surface area contributed by atoms with E-state index >= 15 is 0 Å². The van der Waals surface area contributed by atoms with Crippen molar-refractivity contribution >= 4 is 34.2 Å². The number of anilines is 1. The summed E-state index contributed by atoms with van der Waals surface area (Å²) in [5.41, 5.74) is 3.53. The normalized spacial score (nSPS) is 12.5. The Balaban J connectivity index is 1.63. The molecule has 4 nitrogen and oxygen atoms in total. The molecule has 5 heteroatoms. The molecule has 1 atom stereocenters. The third-order valence-electron chi connectivity index (χ3n) is 5.35. The van der Waals surface area contributed by atoms with Crippen molar-refractivity contribution < 1.29 is 9.21 Å². The van der Waals surface area contributed by atoms with Gasteiger partial charge < -0.3 is 9.73 Å². The van der Waals surface area contributed by atoms with Crippen LogP contribution in [0.15, 0.2) is 88.1 Å². The van der Waals surface area contributed by atoms with Crippen molar-refractivity contribution in [3.63, 3.8) is 0 Å². The molecule has 32 heavy (non-hydrogen) atoms. The first-order valence-electron chi connectivity index (χ1n) is 10.4. The van der Waals surface area contributed by atoms with Crippen LogP contribution in [0.2, 0.25) is 0 Å². The van der Waals surface area contributed by atoms with Crippen LogP contribution in [-0.4, -0.2) is 5.91 Å². The van der Waals surface area contributed by atoms with Crippen LogP contribution in [0.25, 0.3) is 22.3 Å². The second-order valence-corrected chi connectivity index (χ2v) is 9.21. The van der Waals surface area contributed by atoms with Crippen LogP contribution in [0.5, 0.6) is 0 Å². The quantitative estimate of drug-likeness (QED) is 0.356. The minimum atomic E-state index is -0.827. The molecule has 0 saturated carbocycles. The van der Waals surface area contributed by atoms with Crippen molar-refractivity contribution in [2.75, 3.05) is 5.32 Å². The van der Waals surface area contributed by atoms with Crippen LogP contribution in [0.1, 0.15) is 37.3 Å². The molecule has 1 amide bonds. The number of halogens is 1. The fourth-order valence-corrected chi connectivity index (χ4v) is 3.69. The molecule has 0 aliphatic heterocycles. The average Bonchev–Trinajstić information content (AvgIpc) is 2.78. The van der Waals surface area contributed by atoms with E-state index in [1.807, 2.05) is 42.5 Å². The Hall–Kier alpha value is -3.37. The molecule has 1 aromatic heterocycles. The molecule has 1 heterocycles. The maximum Gasteiger partial charge on any atom is 0.246 e. The summed E-state index contributed by atoms with van der Waals surface area (Å²) < 4.78 is 6.04. The van der Waals surface area contributed by atoms with Gasteiger partial charge in [-0.2, -0.15) is 0 Å². The lowest BCUT2D eigenvalue weighted by atomic mass is 9.86. The van der Waals surface area contributed by atoms with Crippen molar-refractivity contribution in [2.45, 2.75) is 31.6 Å². The Morgan fingerprint density at radius 3 is 2.28 bits per heavy atom. The summed E-state index contributed by atoms with van der Waals surface area (Å²) in [4.78, 5) is 25.2. The summed E-state index contributed by atoms with van der Waals surface area (Å²) >= 11 is 6.31. The third-order valence-corrected chi connectivity index (χ3v) is 5.80. The SMILES string of the molecule is CC(C)(C)c1ccc(-c2cc(=O)c3ccc(NC(=O)C(Cl)c4ccccc4)cc3o2)cc1. The van der Waals surface area contributed by atoms with E-state index in [0.29, 0.717) is 28.0 Å². The highest BCUT2D eigenvalue weighted by molar-refractivity contribution is 6.32. The van der Waals surface area contributed by atoms with Crippen LogP contribution in [-0.2, 0) is 10.2 Å². The second kappa shape index (κ2) is 8.64. The van der Waals surface area contributed by atoms with Crippen LogP contribution in [0.3, 0.4) is 0 Å². The fourth-order valence-electron chi connectivity index (χ4n) is 3.49. The molecule has 0 bridgehead atoms. The minimum Gasteiger partial charge on any atom is -0.456 e. The molecule has 0 aliphatic rings. The van der Waals surface area contributed by atoms with E-state index in [1.165, 1.54) is 11.6 Å². The van der Waals surface area contributed by atoms with Crippen LogP contribution in [0, 0.1) is 0 Å². The Morgan fingerprint density at radius 2 is 1.62 bits per heavy atom. The lowest BCUT2D eigenvalue weighted by Gasteiger charge is -2.19. The molecule has 0 saturated heterocycles. The predicted molar refractivity (Wildman–Crippen MR) is 130 cm³/mol. The van der Waals surface area contributed by atoms with E-state index in [9.17, 15) is 9.59 Å². The Bertz CT molecular complexity index is 1320. The van der Waals surface area contributed by atoms with Crippen LogP contribution >= 0.6 is 11.6 Å². The molecule has 1 N–H and O–H groups in total. The van der Waals surface area contributed by atoms with E-state index in [-0.39, 0.29) is 16.8 Å². The summed E-state index contributed by atoms with van der Waals surface area (Å²) in [5.74, 6) is 0.124. The van der Waals surface area contributed by atoms with Gasteiger partial charge in [0.2, 0.25) is 5.91 Å². The van der Waals surface area contributed by atoms with Gasteiger partial charge in [0.1, 0.15) is 16.7 Å². The van der Waals surface area contributed by atoms with Crippen LogP contribution in [0.4, 0.5) is 5.69 Å². The summed E-state index contributed by atoms with van der Waals surface area (Å²) in [5, 5.41) is 2.42. The first kappa shape index (κ1) is 21.8. The van der Waals surface area contributed by atoms with Gasteiger partial charge in [-0.05, 0) is 28.7 Å². The van der Waals surface area contributed by atoms with Crippen molar-refractivity contribution in [3.8, 4) is 11.3 Å². The van der Waals surface area contributed by atoms with E-state index in [4.69, 9.17) is 16.0 Å². The largest absolute Gasteiger partial charge is 0.456 e. The van der Waals surface area contributed by atoms with E-state index < -0.39 is 5.38 Å². The lowest BCUT2D eigenvalue weighted by molar-refractivity contribution is -0.116. The maximum atomic E-state index is 12.7. The van der Waals surface area contributed by atoms with Crippen molar-refractivity contribution in [3.05, 3.63) is 100 Å². The highest BCUT2D eigenvalue weighted by Gasteiger charge is 2.18. The van der Waals surface area contributed by atoms with Gasteiger partial charge in [0.05, 0.1) is 5.39 Å². The Kier molecular flexibility index (Phi) is 5.90. The number of amides is 1. The molecule has 4 rings (SSSR count). The zero-order chi connectivity index (χ0) is 22.9. The molecule has 4 aromatic rings. The number of carbonyl (C=O) groups excluding carboxylic acids is 1. The first-order valence-corrected chi connectivity index (χ1v) is 10.8. The number of nitrogens with one attached hydrogen (secondary N) is 1. The summed E-state index contributed by atoms with van der Waals surface area (Å²) in [6.07, 6.45) is 0. The van der Waals surface area contributed by atoms with Gasteiger partial charge in [0.15, 0.2) is 5.43 Å². The Labute approximate surface area is 191 Å². The standard InChI is InChI=1S/C27H24ClNO3/c1-27(2,3)19-11-9-17(10-12-19)23-16-22(30)21-14-13-20(15-24(21)32-23)29-26(31)25(28)18-7-5-4-6-8-18/h4-16,25H,1-3H3,(H,29,31). The van der Waals surface area contributed by atoms with Gasteiger partial charge in [0.25, 0.3) is 0 Å². The van der Waals surface area contributed by atoms with Crippen LogP contribution < -0.4 is 10.7 Å². The third kappa shape index (κ3) is 4.61. The molecular formula is C27H24ClNO3. The van der Waals surface area contributed by atoms with Gasteiger partial charge in [-0.15, -0.1) is 11.6 Å². The maximum absolute atomic E-state index is 12.7. The number of fused-ring (bicyclic) bond motifs is 1. The number of hydrogen-bond acceptors (Lipinski definition) is 3. The number of carbonyl (C=O) groups is 1. The minimum absolute atomic E-state index is 0.0376. The fraction of sp³-hybridized carbons (Fsp3) is 0.185. The molecular weight excluding hydrogens is 422 g/mol. The summed E-state index contributed by atoms with van der Waals surface area (Å²) in [6.45, 7) is 6.45. The molecule has 162 valence electrons. The van der Waals surface area contributed by atoms with E-state index in [1.54, 1.807) is 30.3 Å². The predicted octanol–water partition coefficient (Wildman–Crippen LogP) is 6.68. The smallest absolute Gasteiger partial charge is 0.246 e. The van der Waals surface area contributed by atoms with E-state index in [0.717, 1.165) is 5.56 Å². The summed E-state index contributed by atoms with van der Waals surface area (Å²) in [6, 6.07) is 23.6. The summed E-state index contributed by atoms with van der Waals surface area (Å²) in [7, 11) is 0. The zero-order valence-electron chi connectivity index (χ0n) is 18.2. The monoisotopic (exact) mass is 445 g/mol.